The number of hydrogen-bond acceptors (Lipinski definition) is 5. The first kappa shape index (κ1) is 25.4. The van der Waals surface area contributed by atoms with Gasteiger partial charge in [-0.3, -0.25) is 14.9 Å². The van der Waals surface area contributed by atoms with Gasteiger partial charge in [0.2, 0.25) is 12.7 Å². The van der Waals surface area contributed by atoms with Crippen molar-refractivity contribution in [2.24, 2.45) is 5.92 Å². The van der Waals surface area contributed by atoms with Crippen molar-refractivity contribution in [1.29, 1.82) is 0 Å². The lowest BCUT2D eigenvalue weighted by molar-refractivity contribution is -0.137. The number of fused-ring (bicyclic) bond motifs is 1. The fourth-order valence-corrected chi connectivity index (χ4v) is 5.46. The molecule has 37 heavy (non-hydrogen) atoms. The molecule has 0 unspecified atom stereocenters. The molecule has 1 spiro atoms. The van der Waals surface area contributed by atoms with Crippen molar-refractivity contribution in [2.45, 2.75) is 57.5 Å². The minimum absolute atomic E-state index is 0.0699. The second-order valence-corrected chi connectivity index (χ2v) is 10.3. The number of ether oxygens (including phenoxy) is 2. The molecule has 2 aromatic rings. The number of alkyl halides is 3. The van der Waals surface area contributed by atoms with E-state index < -0.39 is 23.4 Å². The molecule has 3 heterocycles. The summed E-state index contributed by atoms with van der Waals surface area (Å²) in [6.45, 7) is 5.06. The van der Waals surface area contributed by atoms with Crippen molar-refractivity contribution < 1.29 is 32.2 Å². The third-order valence-electron chi connectivity index (χ3n) is 7.32. The van der Waals surface area contributed by atoms with Crippen LogP contribution in [0.15, 0.2) is 42.5 Å². The Kier molecular flexibility index (Phi) is 6.55. The summed E-state index contributed by atoms with van der Waals surface area (Å²) >= 11 is 0. The lowest BCUT2D eigenvalue weighted by Crippen LogP contribution is -2.59. The van der Waals surface area contributed by atoms with Gasteiger partial charge in [0.25, 0.3) is 5.91 Å². The first-order chi connectivity index (χ1) is 17.6. The molecule has 5 rings (SSSR count). The molecule has 2 saturated heterocycles. The summed E-state index contributed by atoms with van der Waals surface area (Å²) in [4.78, 5) is 30.1. The van der Waals surface area contributed by atoms with Gasteiger partial charge in [0.1, 0.15) is 0 Å². The average molecular weight is 518 g/mol. The van der Waals surface area contributed by atoms with E-state index in [0.717, 1.165) is 12.1 Å². The van der Waals surface area contributed by atoms with Crippen LogP contribution < -0.4 is 14.8 Å². The highest BCUT2D eigenvalue weighted by molar-refractivity contribution is 5.95. The van der Waals surface area contributed by atoms with E-state index in [0.29, 0.717) is 55.0 Å². The quantitative estimate of drug-likeness (QED) is 0.636. The molecule has 0 radical (unpaired) electrons. The van der Waals surface area contributed by atoms with E-state index in [4.69, 9.17) is 9.47 Å². The van der Waals surface area contributed by atoms with Crippen LogP contribution in [0.25, 0.3) is 0 Å². The fourth-order valence-electron chi connectivity index (χ4n) is 5.46. The molecule has 7 nitrogen and oxygen atoms in total. The second kappa shape index (κ2) is 9.55. The van der Waals surface area contributed by atoms with Crippen LogP contribution in [-0.4, -0.2) is 53.2 Å². The van der Waals surface area contributed by atoms with Crippen LogP contribution in [-0.2, 0) is 17.5 Å². The molecule has 0 bridgehead atoms. The van der Waals surface area contributed by atoms with E-state index in [1.807, 2.05) is 13.8 Å². The zero-order valence-electron chi connectivity index (χ0n) is 20.8. The number of halogens is 3. The molecule has 198 valence electrons. The van der Waals surface area contributed by atoms with Crippen LogP contribution in [0.3, 0.4) is 0 Å². The summed E-state index contributed by atoms with van der Waals surface area (Å²) in [5, 5.41) is 3.52. The summed E-state index contributed by atoms with van der Waals surface area (Å²) in [6, 6.07) is 9.80. The van der Waals surface area contributed by atoms with Gasteiger partial charge in [-0.25, -0.2) is 0 Å². The normalized spacial score (nSPS) is 20.8. The Hall–Kier alpha value is -3.27. The molecule has 1 N–H and O–H groups in total. The highest BCUT2D eigenvalue weighted by Crippen LogP contribution is 2.38. The molecule has 2 aromatic carbocycles. The molecule has 3 aliphatic heterocycles. The summed E-state index contributed by atoms with van der Waals surface area (Å²) in [5.41, 5.74) is -0.541. The summed E-state index contributed by atoms with van der Waals surface area (Å²) in [6.07, 6.45) is -2.88. The molecule has 0 aliphatic carbocycles. The van der Waals surface area contributed by atoms with Gasteiger partial charge in [-0.1, -0.05) is 26.0 Å². The van der Waals surface area contributed by atoms with Crippen LogP contribution in [0.4, 0.5) is 13.2 Å². The summed E-state index contributed by atoms with van der Waals surface area (Å²) < 4.78 is 50.6. The minimum Gasteiger partial charge on any atom is -0.454 e. The van der Waals surface area contributed by atoms with Crippen molar-refractivity contribution in [3.8, 4) is 11.5 Å². The Labute approximate surface area is 213 Å². The Balaban J connectivity index is 1.35. The lowest BCUT2D eigenvalue weighted by Gasteiger charge is -2.44. The maximum atomic E-state index is 13.5. The third-order valence-corrected chi connectivity index (χ3v) is 7.32. The zero-order valence-corrected chi connectivity index (χ0v) is 20.8. The number of benzene rings is 2. The number of carbonyl (C=O) groups is 2. The minimum atomic E-state index is -4.46. The lowest BCUT2D eigenvalue weighted by atomic mass is 9.94. The van der Waals surface area contributed by atoms with E-state index in [1.165, 1.54) is 6.07 Å². The number of nitrogens with zero attached hydrogens (tertiary/aromatic N) is 2. The van der Waals surface area contributed by atoms with Crippen LogP contribution >= 0.6 is 0 Å². The molecule has 3 aliphatic rings. The first-order valence-electron chi connectivity index (χ1n) is 12.5. The van der Waals surface area contributed by atoms with Gasteiger partial charge in [0.15, 0.2) is 11.5 Å². The Morgan fingerprint density at radius 2 is 1.84 bits per heavy atom. The van der Waals surface area contributed by atoms with Crippen LogP contribution in [0.2, 0.25) is 0 Å². The van der Waals surface area contributed by atoms with Gasteiger partial charge < -0.3 is 19.3 Å². The largest absolute Gasteiger partial charge is 0.454 e. The SMILES string of the molecule is CC(C)C[C@@H]1NC2(CCN(C(=O)c3ccc4c(c3)OCO4)CC2)N(Cc2cccc(C(F)(F)F)c2)C1=O. The average Bonchev–Trinajstić information content (AvgIpc) is 3.42. The molecule has 2 amide bonds. The number of amides is 2. The number of likely N-dealkylation sites (tertiary alicyclic amines) is 1. The van der Waals surface area contributed by atoms with Gasteiger partial charge in [0.05, 0.1) is 17.3 Å². The summed E-state index contributed by atoms with van der Waals surface area (Å²) in [5.74, 6) is 1.15. The molecule has 10 heteroatoms. The van der Waals surface area contributed by atoms with Crippen molar-refractivity contribution in [3.63, 3.8) is 0 Å². The highest BCUT2D eigenvalue weighted by atomic mass is 19.4. The number of rotatable bonds is 5. The molecule has 0 aromatic heterocycles. The highest BCUT2D eigenvalue weighted by Gasteiger charge is 2.51. The number of piperidine rings is 1. The topological polar surface area (TPSA) is 71.1 Å². The van der Waals surface area contributed by atoms with Crippen LogP contribution in [0.5, 0.6) is 11.5 Å². The molecular formula is C27H30F3N3O4. The smallest absolute Gasteiger partial charge is 0.416 e. The molecular weight excluding hydrogens is 487 g/mol. The van der Waals surface area contributed by atoms with Gasteiger partial charge >= 0.3 is 6.18 Å². The monoisotopic (exact) mass is 517 g/mol. The molecule has 2 fully saturated rings. The predicted octanol–water partition coefficient (Wildman–Crippen LogP) is 4.41. The van der Waals surface area contributed by atoms with Crippen LogP contribution in [0, 0.1) is 5.92 Å². The Morgan fingerprint density at radius 1 is 1.11 bits per heavy atom. The maximum absolute atomic E-state index is 13.5. The maximum Gasteiger partial charge on any atom is 0.416 e. The first-order valence-corrected chi connectivity index (χ1v) is 12.5. The molecule has 1 atom stereocenters. The van der Waals surface area contributed by atoms with E-state index in [-0.39, 0.29) is 31.1 Å². The number of nitrogens with one attached hydrogen (secondary N) is 1. The van der Waals surface area contributed by atoms with E-state index in [1.54, 1.807) is 34.1 Å². The predicted molar refractivity (Wildman–Crippen MR) is 129 cm³/mol. The number of hydrogen-bond donors (Lipinski definition) is 1. The van der Waals surface area contributed by atoms with Gasteiger partial charge in [-0.2, -0.15) is 13.2 Å². The van der Waals surface area contributed by atoms with E-state index in [9.17, 15) is 22.8 Å². The van der Waals surface area contributed by atoms with Crippen molar-refractivity contribution >= 4 is 11.8 Å². The summed E-state index contributed by atoms with van der Waals surface area (Å²) in [7, 11) is 0. The van der Waals surface area contributed by atoms with Gasteiger partial charge in [0, 0.05) is 38.0 Å². The van der Waals surface area contributed by atoms with Gasteiger partial charge in [-0.05, 0) is 48.2 Å². The van der Waals surface area contributed by atoms with Crippen molar-refractivity contribution in [2.75, 3.05) is 19.9 Å². The number of carbonyl (C=O) groups excluding carboxylic acids is 2. The Morgan fingerprint density at radius 3 is 2.54 bits per heavy atom. The van der Waals surface area contributed by atoms with E-state index >= 15 is 0 Å². The third kappa shape index (κ3) is 4.99. The fraction of sp³-hybridized carbons (Fsp3) is 0.481. The van der Waals surface area contributed by atoms with Crippen molar-refractivity contribution in [3.05, 3.63) is 59.2 Å². The second-order valence-electron chi connectivity index (χ2n) is 10.3. The standard InChI is InChI=1S/C27H30F3N3O4/c1-17(2)12-21-25(35)33(15-18-4-3-5-20(13-18)27(28,29)30)26(31-21)8-10-32(11-9-26)24(34)19-6-7-22-23(14-19)37-16-36-22/h3-7,13-14,17,21,31H,8-12,15-16H2,1-2H3/t21-/m0/s1. The van der Waals surface area contributed by atoms with Crippen molar-refractivity contribution in [1.82, 2.24) is 15.1 Å². The van der Waals surface area contributed by atoms with E-state index in [2.05, 4.69) is 5.32 Å². The van der Waals surface area contributed by atoms with Gasteiger partial charge in [-0.15, -0.1) is 0 Å². The van der Waals surface area contributed by atoms with Crippen LogP contribution in [0.1, 0.15) is 54.6 Å². The zero-order chi connectivity index (χ0) is 26.4. The molecule has 0 saturated carbocycles. The Bertz CT molecular complexity index is 1190.